The van der Waals surface area contributed by atoms with E-state index in [1.165, 1.54) is 6.42 Å². The maximum Gasteiger partial charge on any atom is 0.0814 e. The minimum Gasteiger partial charge on any atom is -0.190 e. The fraction of sp³-hybridized carbons (Fsp3) is 0.895. The number of hydrogen-bond donors (Lipinski definition) is 0. The van der Waals surface area contributed by atoms with Crippen LogP contribution in [0.4, 0.5) is 0 Å². The van der Waals surface area contributed by atoms with Crippen LogP contribution in [0.25, 0.3) is 0 Å². The highest BCUT2D eigenvalue weighted by atomic mass is 15.2. The highest BCUT2D eigenvalue weighted by Gasteiger charge is 2.78. The van der Waals surface area contributed by atoms with Crippen LogP contribution in [0.1, 0.15) is 26.7 Å². The van der Waals surface area contributed by atoms with Gasteiger partial charge in [-0.25, -0.2) is 0 Å². The maximum atomic E-state index is 4.75. The van der Waals surface area contributed by atoms with Crippen molar-refractivity contribution in [3.63, 3.8) is 0 Å². The summed E-state index contributed by atoms with van der Waals surface area (Å²) in [5.74, 6) is 10.1. The Morgan fingerprint density at radius 1 is 0.714 bits per heavy atom. The van der Waals surface area contributed by atoms with Crippen LogP contribution in [0.5, 0.6) is 0 Å². The van der Waals surface area contributed by atoms with Gasteiger partial charge in [0.15, 0.2) is 0 Å². The van der Waals surface area contributed by atoms with E-state index < -0.39 is 0 Å². The van der Waals surface area contributed by atoms with E-state index in [0.717, 1.165) is 59.2 Å². The number of rotatable bonds is 0. The van der Waals surface area contributed by atoms with E-state index >= 15 is 0 Å². The predicted octanol–water partition coefficient (Wildman–Crippen LogP) is 3.80. The fourth-order valence-electron chi connectivity index (χ4n) is 9.17. The Morgan fingerprint density at radius 2 is 1.24 bits per heavy atom. The van der Waals surface area contributed by atoms with Crippen molar-refractivity contribution >= 4 is 0 Å². The second-order valence-corrected chi connectivity index (χ2v) is 9.92. The zero-order valence-corrected chi connectivity index (χ0v) is 12.9. The lowest BCUT2D eigenvalue weighted by molar-refractivity contribution is -0.103. The molecule has 1 aliphatic heterocycles. The molecular weight excluding hydrogens is 256 g/mol. The minimum atomic E-state index is 0.363. The van der Waals surface area contributed by atoms with Crippen LogP contribution in [0, 0.1) is 64.6 Å². The molecule has 0 spiro atoms. The molecule has 7 rings (SSSR count). The Kier molecular flexibility index (Phi) is 1.52. The van der Waals surface area contributed by atoms with Gasteiger partial charge in [-0.05, 0) is 72.0 Å². The monoisotopic (exact) mass is 280 g/mol. The SMILES string of the molecule is CC1(C)[C@@H]2N=N[C@H]1[C@H]1[C@H]3C[C@H]([C@H]4[C@@H]3[C@H]3[C@@H]4[C@@H]4C=C[C@H]3C4)[C@H]12. The summed E-state index contributed by atoms with van der Waals surface area (Å²) < 4.78 is 0. The first-order valence-corrected chi connectivity index (χ1v) is 9.26. The smallest absolute Gasteiger partial charge is 0.0814 e. The van der Waals surface area contributed by atoms with Gasteiger partial charge in [-0.2, -0.15) is 10.2 Å². The van der Waals surface area contributed by atoms with Gasteiger partial charge in [-0.3, -0.25) is 0 Å². The van der Waals surface area contributed by atoms with Crippen molar-refractivity contribution in [1.82, 2.24) is 0 Å². The first-order chi connectivity index (χ1) is 10.2. The number of azo groups is 1. The van der Waals surface area contributed by atoms with E-state index in [-0.39, 0.29) is 0 Å². The van der Waals surface area contributed by atoms with Gasteiger partial charge in [0.1, 0.15) is 0 Å². The fourth-order valence-corrected chi connectivity index (χ4v) is 9.17. The third-order valence-electron chi connectivity index (χ3n) is 9.45. The molecule has 0 aromatic rings. The normalized spacial score (nSPS) is 71.9. The molecule has 0 saturated heterocycles. The average molecular weight is 280 g/mol. The molecule has 1 heterocycles. The van der Waals surface area contributed by atoms with Gasteiger partial charge in [0.05, 0.1) is 12.1 Å². The van der Waals surface area contributed by atoms with Crippen molar-refractivity contribution < 1.29 is 0 Å². The zero-order valence-electron chi connectivity index (χ0n) is 12.9. The number of fused-ring (bicyclic) bond motifs is 19. The highest BCUT2D eigenvalue weighted by Crippen LogP contribution is 2.80. The predicted molar refractivity (Wildman–Crippen MR) is 79.5 cm³/mol. The molecule has 2 heteroatoms. The van der Waals surface area contributed by atoms with Crippen LogP contribution in [0.2, 0.25) is 0 Å². The summed E-state index contributed by atoms with van der Waals surface area (Å²) in [7, 11) is 0. The Morgan fingerprint density at radius 3 is 1.76 bits per heavy atom. The summed E-state index contributed by atoms with van der Waals surface area (Å²) in [6.45, 7) is 4.90. The summed E-state index contributed by atoms with van der Waals surface area (Å²) in [5.41, 5.74) is 0.363. The van der Waals surface area contributed by atoms with Crippen LogP contribution in [0.15, 0.2) is 22.4 Å². The van der Waals surface area contributed by atoms with Gasteiger partial charge in [0.25, 0.3) is 0 Å². The van der Waals surface area contributed by atoms with Gasteiger partial charge in [0.2, 0.25) is 0 Å². The molecule has 6 aliphatic carbocycles. The summed E-state index contributed by atoms with van der Waals surface area (Å²) in [5, 5.41) is 9.49. The Labute approximate surface area is 126 Å². The molecule has 0 aromatic heterocycles. The van der Waals surface area contributed by atoms with E-state index in [4.69, 9.17) is 10.2 Å². The van der Waals surface area contributed by atoms with Crippen LogP contribution in [0.3, 0.4) is 0 Å². The lowest BCUT2D eigenvalue weighted by Gasteiger charge is -2.58. The largest absolute Gasteiger partial charge is 0.190 e. The average Bonchev–Trinajstić information content (AvgIpc) is 3.20. The van der Waals surface area contributed by atoms with E-state index in [1.54, 1.807) is 6.42 Å². The molecular formula is C19H24N2. The quantitative estimate of drug-likeness (QED) is 0.476. The molecule has 7 aliphatic rings. The Balaban J connectivity index is 1.35. The molecule has 5 fully saturated rings. The minimum absolute atomic E-state index is 0.363. The van der Waals surface area contributed by atoms with Crippen molar-refractivity contribution in [2.24, 2.45) is 74.8 Å². The standard InChI is InChI=1S/C19H24N2/c1-19(2)17-15-9-6-10(16(15)18(19)21-20-17)14-12-8-4-3-7(5-8)11(12)13(9)14/h3-4,7-18H,5-6H2,1-2H3/t7-,8+,9-,10+,11+,12-,13-,14+,15-,16+,17-,18+. The van der Waals surface area contributed by atoms with Gasteiger partial charge in [-0.15, -0.1) is 0 Å². The summed E-state index contributed by atoms with van der Waals surface area (Å²) in [6, 6.07) is 1.13. The maximum absolute atomic E-state index is 4.75. The third-order valence-corrected chi connectivity index (χ3v) is 9.45. The van der Waals surface area contributed by atoms with Crippen molar-refractivity contribution in [3.05, 3.63) is 12.2 Å². The number of nitrogens with zero attached hydrogens (tertiary/aromatic N) is 2. The lowest BCUT2D eigenvalue weighted by Crippen LogP contribution is -2.56. The molecule has 21 heavy (non-hydrogen) atoms. The summed E-state index contributed by atoms with van der Waals surface area (Å²) >= 11 is 0. The first-order valence-electron chi connectivity index (χ1n) is 9.26. The molecule has 0 aromatic carbocycles. The van der Waals surface area contributed by atoms with E-state index in [2.05, 4.69) is 26.0 Å². The molecule has 0 N–H and O–H groups in total. The molecule has 5 saturated carbocycles. The third kappa shape index (κ3) is 0.879. The van der Waals surface area contributed by atoms with Crippen LogP contribution < -0.4 is 0 Å². The molecule has 6 bridgehead atoms. The molecule has 2 nitrogen and oxygen atoms in total. The lowest BCUT2D eigenvalue weighted by atomic mass is 9.46. The van der Waals surface area contributed by atoms with Crippen LogP contribution in [-0.4, -0.2) is 12.1 Å². The van der Waals surface area contributed by atoms with E-state index in [0.29, 0.717) is 17.5 Å². The Bertz CT molecular complexity index is 571. The number of hydrogen-bond acceptors (Lipinski definition) is 2. The van der Waals surface area contributed by atoms with Gasteiger partial charge in [-0.1, -0.05) is 26.0 Å². The van der Waals surface area contributed by atoms with Crippen molar-refractivity contribution in [2.75, 3.05) is 0 Å². The van der Waals surface area contributed by atoms with Crippen molar-refractivity contribution in [2.45, 2.75) is 38.8 Å². The summed E-state index contributed by atoms with van der Waals surface area (Å²) in [4.78, 5) is 0. The number of allylic oxidation sites excluding steroid dienone is 2. The van der Waals surface area contributed by atoms with E-state index in [1.807, 2.05) is 0 Å². The molecule has 110 valence electrons. The highest BCUT2D eigenvalue weighted by molar-refractivity contribution is 5.31. The van der Waals surface area contributed by atoms with Gasteiger partial charge >= 0.3 is 0 Å². The molecule has 0 unspecified atom stereocenters. The van der Waals surface area contributed by atoms with Crippen LogP contribution >= 0.6 is 0 Å². The molecule has 0 amide bonds. The first kappa shape index (κ1) is 11.0. The van der Waals surface area contributed by atoms with E-state index in [9.17, 15) is 0 Å². The molecule has 0 radical (unpaired) electrons. The zero-order chi connectivity index (χ0) is 13.7. The second kappa shape index (κ2) is 2.90. The molecule has 12 atom stereocenters. The topological polar surface area (TPSA) is 24.7 Å². The Hall–Kier alpha value is -0.660. The second-order valence-electron chi connectivity index (χ2n) is 9.92. The van der Waals surface area contributed by atoms with Crippen LogP contribution in [-0.2, 0) is 0 Å². The summed E-state index contributed by atoms with van der Waals surface area (Å²) in [6.07, 6.45) is 8.21. The van der Waals surface area contributed by atoms with Crippen molar-refractivity contribution in [1.29, 1.82) is 0 Å². The van der Waals surface area contributed by atoms with Crippen molar-refractivity contribution in [3.8, 4) is 0 Å². The van der Waals surface area contributed by atoms with Gasteiger partial charge in [0, 0.05) is 5.41 Å². The van der Waals surface area contributed by atoms with Gasteiger partial charge < -0.3 is 0 Å².